The van der Waals surface area contributed by atoms with Crippen molar-refractivity contribution in [2.24, 2.45) is 0 Å². The maximum atomic E-state index is 5.13. The van der Waals surface area contributed by atoms with Crippen molar-refractivity contribution in [1.29, 1.82) is 0 Å². The fourth-order valence-electron chi connectivity index (χ4n) is 4.36. The maximum absolute atomic E-state index is 5.13. The van der Waals surface area contributed by atoms with Crippen LogP contribution in [0.15, 0.2) is 107 Å². The standard InChI is InChI=1S/C28H18N2S2/c31-19-13-9-17(10-14-19)25-21-5-1-2-6-22(21)26(18-11-15-20(32)16-12-18)28-27(25)29-23-7-3-4-8-24(23)30-28/h1-16,31-32H. The SMILES string of the molecule is Sc1ccc(-c2c3ccccc3c(-c3ccc(S)cc3)c3nc4ccccc4nc23)cc1. The second kappa shape index (κ2) is 7.66. The molecule has 5 aromatic carbocycles. The van der Waals surface area contributed by atoms with E-state index in [2.05, 4.69) is 73.8 Å². The van der Waals surface area contributed by atoms with Crippen LogP contribution < -0.4 is 0 Å². The fourth-order valence-corrected chi connectivity index (χ4v) is 4.66. The molecule has 0 bridgehead atoms. The van der Waals surface area contributed by atoms with Crippen LogP contribution in [0, 0.1) is 0 Å². The Balaban J connectivity index is 1.85. The van der Waals surface area contributed by atoms with Gasteiger partial charge in [-0.3, -0.25) is 0 Å². The van der Waals surface area contributed by atoms with Crippen molar-refractivity contribution in [3.8, 4) is 22.3 Å². The highest BCUT2D eigenvalue weighted by molar-refractivity contribution is 7.80. The summed E-state index contributed by atoms with van der Waals surface area (Å²) in [7, 11) is 0. The first-order valence-corrected chi connectivity index (χ1v) is 11.3. The lowest BCUT2D eigenvalue weighted by molar-refractivity contribution is 1.39. The second-order valence-corrected chi connectivity index (χ2v) is 8.83. The average Bonchev–Trinajstić information content (AvgIpc) is 2.83. The molecule has 0 unspecified atom stereocenters. The van der Waals surface area contributed by atoms with E-state index in [0.29, 0.717) is 0 Å². The Morgan fingerprint density at radius 2 is 0.812 bits per heavy atom. The summed E-state index contributed by atoms with van der Waals surface area (Å²) in [4.78, 5) is 12.1. The van der Waals surface area contributed by atoms with Crippen LogP contribution in [0.2, 0.25) is 0 Å². The van der Waals surface area contributed by atoms with Crippen LogP contribution in [0.3, 0.4) is 0 Å². The molecular weight excluding hydrogens is 428 g/mol. The lowest BCUT2D eigenvalue weighted by Gasteiger charge is -2.17. The summed E-state index contributed by atoms with van der Waals surface area (Å²) >= 11 is 8.96. The van der Waals surface area contributed by atoms with Gasteiger partial charge >= 0.3 is 0 Å². The number of thiol groups is 2. The van der Waals surface area contributed by atoms with Crippen molar-refractivity contribution in [3.05, 3.63) is 97.1 Å². The van der Waals surface area contributed by atoms with Crippen molar-refractivity contribution >= 4 is 58.1 Å². The number of hydrogen-bond donors (Lipinski definition) is 2. The summed E-state index contributed by atoms with van der Waals surface area (Å²) in [6.07, 6.45) is 0. The largest absolute Gasteiger partial charge is 0.244 e. The van der Waals surface area contributed by atoms with Gasteiger partial charge in [-0.05, 0) is 58.3 Å². The third-order valence-electron chi connectivity index (χ3n) is 5.82. The van der Waals surface area contributed by atoms with Gasteiger partial charge in [0, 0.05) is 20.9 Å². The van der Waals surface area contributed by atoms with Gasteiger partial charge in [-0.25, -0.2) is 9.97 Å². The Labute approximate surface area is 196 Å². The lowest BCUT2D eigenvalue weighted by atomic mass is 9.90. The van der Waals surface area contributed by atoms with Crippen molar-refractivity contribution in [3.63, 3.8) is 0 Å². The molecule has 0 fully saturated rings. The van der Waals surface area contributed by atoms with Gasteiger partial charge in [0.15, 0.2) is 0 Å². The highest BCUT2D eigenvalue weighted by Crippen LogP contribution is 2.42. The molecule has 2 nitrogen and oxygen atoms in total. The molecule has 0 aliphatic rings. The lowest BCUT2D eigenvalue weighted by Crippen LogP contribution is -1.96. The Morgan fingerprint density at radius 1 is 0.438 bits per heavy atom. The van der Waals surface area contributed by atoms with E-state index in [1.165, 1.54) is 0 Å². The fraction of sp³-hybridized carbons (Fsp3) is 0. The smallest absolute Gasteiger partial charge is 0.0985 e. The van der Waals surface area contributed by atoms with Gasteiger partial charge in [-0.1, -0.05) is 60.7 Å². The average molecular weight is 447 g/mol. The summed E-state index contributed by atoms with van der Waals surface area (Å²) in [5.41, 5.74) is 7.97. The van der Waals surface area contributed by atoms with Crippen LogP contribution in [0.1, 0.15) is 0 Å². The quantitative estimate of drug-likeness (QED) is 0.209. The minimum atomic E-state index is 0.888. The van der Waals surface area contributed by atoms with E-state index >= 15 is 0 Å². The molecule has 0 atom stereocenters. The summed E-state index contributed by atoms with van der Waals surface area (Å²) in [6, 6.07) is 33.1. The maximum Gasteiger partial charge on any atom is 0.0985 e. The molecule has 152 valence electrons. The van der Waals surface area contributed by atoms with E-state index in [-0.39, 0.29) is 0 Å². The molecular formula is C28H18N2S2. The highest BCUT2D eigenvalue weighted by Gasteiger charge is 2.19. The minimum Gasteiger partial charge on any atom is -0.244 e. The number of benzene rings is 5. The summed E-state index contributed by atoms with van der Waals surface area (Å²) in [6.45, 7) is 0. The zero-order valence-electron chi connectivity index (χ0n) is 17.0. The molecule has 0 saturated heterocycles. The Hall–Kier alpha value is -3.34. The van der Waals surface area contributed by atoms with Crippen molar-refractivity contribution in [1.82, 2.24) is 9.97 Å². The van der Waals surface area contributed by atoms with Gasteiger partial charge in [0.1, 0.15) is 0 Å². The molecule has 0 amide bonds. The van der Waals surface area contributed by atoms with Crippen molar-refractivity contribution < 1.29 is 0 Å². The zero-order chi connectivity index (χ0) is 21.7. The molecule has 6 rings (SSSR count). The number of para-hydroxylation sites is 2. The molecule has 4 heteroatoms. The van der Waals surface area contributed by atoms with E-state index in [4.69, 9.17) is 9.97 Å². The number of rotatable bonds is 2. The van der Waals surface area contributed by atoms with Gasteiger partial charge in [0.25, 0.3) is 0 Å². The number of nitrogens with zero attached hydrogens (tertiary/aromatic N) is 2. The molecule has 0 aliphatic carbocycles. The molecule has 0 aliphatic heterocycles. The molecule has 1 aromatic heterocycles. The van der Waals surface area contributed by atoms with Crippen molar-refractivity contribution in [2.75, 3.05) is 0 Å². The van der Waals surface area contributed by atoms with Gasteiger partial charge in [-0.2, -0.15) is 0 Å². The highest BCUT2D eigenvalue weighted by atomic mass is 32.1. The van der Waals surface area contributed by atoms with Crippen LogP contribution in [-0.4, -0.2) is 9.97 Å². The van der Waals surface area contributed by atoms with Crippen LogP contribution in [-0.2, 0) is 0 Å². The van der Waals surface area contributed by atoms with E-state index in [9.17, 15) is 0 Å². The monoisotopic (exact) mass is 446 g/mol. The molecule has 0 spiro atoms. The first-order valence-electron chi connectivity index (χ1n) is 10.4. The first-order chi connectivity index (χ1) is 15.7. The predicted octanol–water partition coefficient (Wildman–Crippen LogP) is 7.85. The van der Waals surface area contributed by atoms with E-state index in [0.717, 1.165) is 64.9 Å². The van der Waals surface area contributed by atoms with E-state index in [1.54, 1.807) is 0 Å². The molecule has 0 N–H and O–H groups in total. The summed E-state index contributed by atoms with van der Waals surface area (Å²) in [5, 5.41) is 2.31. The molecule has 1 heterocycles. The van der Waals surface area contributed by atoms with E-state index < -0.39 is 0 Å². The molecule has 0 radical (unpaired) electrons. The van der Waals surface area contributed by atoms with Crippen LogP contribution in [0.5, 0.6) is 0 Å². The Kier molecular flexibility index (Phi) is 4.63. The number of aromatic nitrogens is 2. The molecule has 0 saturated carbocycles. The van der Waals surface area contributed by atoms with Crippen LogP contribution in [0.4, 0.5) is 0 Å². The Bertz CT molecular complexity index is 1500. The third-order valence-corrected chi connectivity index (χ3v) is 6.42. The van der Waals surface area contributed by atoms with Gasteiger partial charge in [0.2, 0.25) is 0 Å². The molecule has 32 heavy (non-hydrogen) atoms. The van der Waals surface area contributed by atoms with Gasteiger partial charge in [0.05, 0.1) is 22.1 Å². The van der Waals surface area contributed by atoms with Crippen LogP contribution in [0.25, 0.3) is 55.1 Å². The predicted molar refractivity (Wildman–Crippen MR) is 140 cm³/mol. The summed E-state index contributed by atoms with van der Waals surface area (Å²) < 4.78 is 0. The minimum absolute atomic E-state index is 0.888. The van der Waals surface area contributed by atoms with Gasteiger partial charge < -0.3 is 0 Å². The molecule has 6 aromatic rings. The zero-order valence-corrected chi connectivity index (χ0v) is 18.8. The van der Waals surface area contributed by atoms with E-state index in [1.807, 2.05) is 48.5 Å². The van der Waals surface area contributed by atoms with Crippen molar-refractivity contribution in [2.45, 2.75) is 9.79 Å². The normalized spacial score (nSPS) is 11.4. The second-order valence-electron chi connectivity index (χ2n) is 7.80. The third kappa shape index (κ3) is 3.15. The Morgan fingerprint density at radius 3 is 1.22 bits per heavy atom. The number of hydrogen-bond acceptors (Lipinski definition) is 4. The van der Waals surface area contributed by atoms with Gasteiger partial charge in [-0.15, -0.1) is 25.3 Å². The topological polar surface area (TPSA) is 25.8 Å². The number of fused-ring (bicyclic) bond motifs is 3. The first kappa shape index (κ1) is 19.4. The summed E-state index contributed by atoms with van der Waals surface area (Å²) in [5.74, 6) is 0. The van der Waals surface area contributed by atoms with Crippen LogP contribution >= 0.6 is 25.3 Å².